The predicted octanol–water partition coefficient (Wildman–Crippen LogP) is 3.66. The second kappa shape index (κ2) is 13.4. The molecule has 43 heavy (non-hydrogen) atoms. The molecule has 1 N–H and O–H groups in total. The van der Waals surface area contributed by atoms with Crippen molar-refractivity contribution in [3.05, 3.63) is 90.0 Å². The molecule has 2 heterocycles. The second-order valence-corrected chi connectivity index (χ2v) is 12.9. The number of sulfonamides is 1. The van der Waals surface area contributed by atoms with Crippen LogP contribution in [0.15, 0.2) is 83.8 Å². The third-order valence-corrected chi connectivity index (χ3v) is 9.74. The van der Waals surface area contributed by atoms with E-state index in [2.05, 4.69) is 17.9 Å². The zero-order valence-corrected chi connectivity index (χ0v) is 25.7. The average Bonchev–Trinajstić information content (AvgIpc) is 3.42. The lowest BCUT2D eigenvalue weighted by Crippen LogP contribution is -2.58. The summed E-state index contributed by atoms with van der Waals surface area (Å²) in [5, 5.41) is 3.02. The van der Waals surface area contributed by atoms with Gasteiger partial charge in [-0.2, -0.15) is 16.9 Å². The Bertz CT molecular complexity index is 1540. The molecule has 4 atom stereocenters. The van der Waals surface area contributed by atoms with E-state index in [9.17, 15) is 18.0 Å². The zero-order valence-electron chi connectivity index (χ0n) is 24.0. The minimum Gasteiger partial charge on any atom is -0.497 e. The SMILES string of the molecule is COc1ccc(S(=O)(=O)N2CC(C)O[C@@H]([C@H](Cc3ccccc3)NC(=O)[C@@H]3CN(c4cccc(CS)c4)C(=O)O3)C2)cc1. The highest BCUT2D eigenvalue weighted by atomic mass is 32.2. The molecule has 10 nitrogen and oxygen atoms in total. The quantitative estimate of drug-likeness (QED) is 0.331. The van der Waals surface area contributed by atoms with Crippen LogP contribution in [0.2, 0.25) is 0 Å². The normalized spacial score (nSPS) is 21.7. The molecule has 2 aliphatic rings. The number of cyclic esters (lactones) is 1. The fourth-order valence-corrected chi connectivity index (χ4v) is 7.04. The van der Waals surface area contributed by atoms with Crippen LogP contribution in [-0.2, 0) is 36.5 Å². The van der Waals surface area contributed by atoms with Gasteiger partial charge in [0.05, 0.1) is 36.8 Å². The molecule has 228 valence electrons. The van der Waals surface area contributed by atoms with Crippen molar-refractivity contribution < 1.29 is 32.2 Å². The van der Waals surface area contributed by atoms with Gasteiger partial charge in [-0.05, 0) is 60.9 Å². The largest absolute Gasteiger partial charge is 0.497 e. The first-order valence-corrected chi connectivity index (χ1v) is 16.1. The van der Waals surface area contributed by atoms with Crippen LogP contribution in [-0.4, -0.2) is 75.8 Å². The van der Waals surface area contributed by atoms with Gasteiger partial charge in [0.1, 0.15) is 5.75 Å². The summed E-state index contributed by atoms with van der Waals surface area (Å²) in [6, 6.07) is 22.5. The van der Waals surface area contributed by atoms with Crippen LogP contribution in [0.25, 0.3) is 0 Å². The van der Waals surface area contributed by atoms with Gasteiger partial charge in [-0.1, -0.05) is 42.5 Å². The second-order valence-electron chi connectivity index (χ2n) is 10.6. The summed E-state index contributed by atoms with van der Waals surface area (Å²) in [7, 11) is -2.33. The number of benzene rings is 3. The third kappa shape index (κ3) is 7.15. The Morgan fingerprint density at radius 3 is 2.44 bits per heavy atom. The Kier molecular flexibility index (Phi) is 9.60. The highest BCUT2D eigenvalue weighted by Gasteiger charge is 2.41. The summed E-state index contributed by atoms with van der Waals surface area (Å²) in [6.07, 6.45) is -2.38. The van der Waals surface area contributed by atoms with Crippen molar-refractivity contribution in [2.24, 2.45) is 0 Å². The average molecular weight is 626 g/mol. The number of anilines is 1. The van der Waals surface area contributed by atoms with Crippen LogP contribution in [0.4, 0.5) is 10.5 Å². The number of hydrogen-bond acceptors (Lipinski definition) is 8. The van der Waals surface area contributed by atoms with E-state index in [0.29, 0.717) is 23.6 Å². The molecule has 0 bridgehead atoms. The maximum atomic E-state index is 13.6. The van der Waals surface area contributed by atoms with E-state index in [-0.39, 0.29) is 24.5 Å². The maximum absolute atomic E-state index is 13.6. The van der Waals surface area contributed by atoms with Gasteiger partial charge in [0.2, 0.25) is 10.0 Å². The number of hydrogen-bond donors (Lipinski definition) is 2. The number of thiol groups is 1. The first-order valence-electron chi connectivity index (χ1n) is 14.0. The molecule has 3 aromatic rings. The minimum atomic E-state index is -3.85. The molecule has 2 aliphatic heterocycles. The molecular formula is C31H35N3O7S2. The third-order valence-electron chi connectivity index (χ3n) is 7.53. The summed E-state index contributed by atoms with van der Waals surface area (Å²) < 4.78 is 45.5. The number of morpholine rings is 1. The van der Waals surface area contributed by atoms with E-state index in [4.69, 9.17) is 14.2 Å². The summed E-state index contributed by atoms with van der Waals surface area (Å²) in [5.41, 5.74) is 2.49. The topological polar surface area (TPSA) is 114 Å². The van der Waals surface area contributed by atoms with Gasteiger partial charge in [0.25, 0.3) is 5.91 Å². The van der Waals surface area contributed by atoms with Gasteiger partial charge in [0, 0.05) is 24.5 Å². The lowest BCUT2D eigenvalue weighted by molar-refractivity contribution is -0.131. The molecule has 2 fully saturated rings. The number of carbonyl (C=O) groups is 2. The number of rotatable bonds is 10. The molecule has 3 aromatic carbocycles. The Morgan fingerprint density at radius 2 is 1.74 bits per heavy atom. The molecule has 5 rings (SSSR count). The number of carbonyl (C=O) groups excluding carboxylic acids is 2. The number of ether oxygens (including phenoxy) is 3. The van der Waals surface area contributed by atoms with Crippen LogP contribution in [0, 0.1) is 0 Å². The van der Waals surface area contributed by atoms with Gasteiger partial charge in [-0.25, -0.2) is 13.2 Å². The van der Waals surface area contributed by atoms with Gasteiger partial charge >= 0.3 is 6.09 Å². The Labute approximate surface area is 257 Å². The number of nitrogens with zero attached hydrogens (tertiary/aromatic N) is 2. The van der Waals surface area contributed by atoms with Crippen LogP contribution >= 0.6 is 12.6 Å². The van der Waals surface area contributed by atoms with Crippen LogP contribution in [0.3, 0.4) is 0 Å². The number of methoxy groups -OCH3 is 1. The molecule has 0 spiro atoms. The van der Waals surface area contributed by atoms with E-state index >= 15 is 0 Å². The fraction of sp³-hybridized carbons (Fsp3) is 0.355. The van der Waals surface area contributed by atoms with E-state index in [1.54, 1.807) is 25.1 Å². The van der Waals surface area contributed by atoms with Crippen molar-refractivity contribution in [2.45, 2.75) is 48.3 Å². The Hall–Kier alpha value is -3.58. The molecule has 12 heteroatoms. The molecule has 2 amide bonds. The van der Waals surface area contributed by atoms with Crippen LogP contribution in [0.1, 0.15) is 18.1 Å². The standard InChI is InChI=1S/C31H35N3O7S2/c1-21-17-33(43(37,38)26-13-11-25(39-2)12-14-26)18-28(40-21)27(16-22-7-4-3-5-8-22)32-30(35)29-19-34(31(36)41-29)24-10-6-9-23(15-24)20-42/h3-15,21,27-29,42H,16-20H2,1-2H3,(H,32,35)/t21?,27-,28+,29-/m0/s1. The van der Waals surface area contributed by atoms with Gasteiger partial charge in [-0.15, -0.1) is 0 Å². The van der Waals surface area contributed by atoms with Gasteiger partial charge in [0.15, 0.2) is 6.10 Å². The lowest BCUT2D eigenvalue weighted by atomic mass is 9.99. The summed E-state index contributed by atoms with van der Waals surface area (Å²) in [6.45, 7) is 2.04. The fourth-order valence-electron chi connectivity index (χ4n) is 5.31. The maximum Gasteiger partial charge on any atom is 0.415 e. The number of amides is 2. The summed E-state index contributed by atoms with van der Waals surface area (Å²) in [4.78, 5) is 27.9. The molecule has 0 saturated carbocycles. The van der Waals surface area contributed by atoms with E-state index in [0.717, 1.165) is 11.1 Å². The van der Waals surface area contributed by atoms with Crippen molar-refractivity contribution >= 4 is 40.3 Å². The minimum absolute atomic E-state index is 0.0313. The summed E-state index contributed by atoms with van der Waals surface area (Å²) >= 11 is 4.30. The molecule has 0 aromatic heterocycles. The number of nitrogens with one attached hydrogen (secondary N) is 1. The van der Waals surface area contributed by atoms with Crippen molar-refractivity contribution in [1.29, 1.82) is 0 Å². The molecular weight excluding hydrogens is 590 g/mol. The zero-order chi connectivity index (χ0) is 30.6. The van der Waals surface area contributed by atoms with Gasteiger partial charge < -0.3 is 19.5 Å². The Morgan fingerprint density at radius 1 is 1.02 bits per heavy atom. The lowest BCUT2D eigenvalue weighted by Gasteiger charge is -2.40. The van der Waals surface area contributed by atoms with Crippen molar-refractivity contribution in [3.8, 4) is 5.75 Å². The Balaban J connectivity index is 1.35. The molecule has 0 radical (unpaired) electrons. The monoisotopic (exact) mass is 625 g/mol. The van der Waals surface area contributed by atoms with E-state index in [1.165, 1.54) is 28.4 Å². The molecule has 2 saturated heterocycles. The van der Waals surface area contributed by atoms with E-state index < -0.39 is 46.4 Å². The molecule has 0 aliphatic carbocycles. The van der Waals surface area contributed by atoms with Crippen molar-refractivity contribution in [1.82, 2.24) is 9.62 Å². The molecule has 1 unspecified atom stereocenters. The van der Waals surface area contributed by atoms with Crippen molar-refractivity contribution in [3.63, 3.8) is 0 Å². The first kappa shape index (κ1) is 30.9. The first-order chi connectivity index (χ1) is 20.7. The van der Waals surface area contributed by atoms with Crippen LogP contribution in [0.5, 0.6) is 5.75 Å². The van der Waals surface area contributed by atoms with E-state index in [1.807, 2.05) is 48.5 Å². The van der Waals surface area contributed by atoms with Crippen molar-refractivity contribution in [2.75, 3.05) is 31.6 Å². The van der Waals surface area contributed by atoms with Crippen LogP contribution < -0.4 is 15.0 Å². The highest BCUT2D eigenvalue weighted by molar-refractivity contribution is 7.89. The summed E-state index contributed by atoms with van der Waals surface area (Å²) in [5.74, 6) is 0.583. The van der Waals surface area contributed by atoms with Gasteiger partial charge in [-0.3, -0.25) is 9.69 Å². The highest BCUT2D eigenvalue weighted by Crippen LogP contribution is 2.27. The smallest absolute Gasteiger partial charge is 0.415 e. The predicted molar refractivity (Wildman–Crippen MR) is 165 cm³/mol.